The molecule has 0 aromatic rings. The lowest BCUT2D eigenvalue weighted by atomic mass is 9.94. The van der Waals surface area contributed by atoms with Crippen molar-refractivity contribution in [2.24, 2.45) is 0 Å². The van der Waals surface area contributed by atoms with Crippen molar-refractivity contribution in [1.29, 1.82) is 0 Å². The van der Waals surface area contributed by atoms with Gasteiger partial charge in [0.05, 0.1) is 6.42 Å². The van der Waals surface area contributed by atoms with Crippen LogP contribution in [0.3, 0.4) is 0 Å². The Bertz CT molecular complexity index is 184. The van der Waals surface area contributed by atoms with Crippen LogP contribution in [0.15, 0.2) is 0 Å². The fourth-order valence-corrected chi connectivity index (χ4v) is 0.722. The van der Waals surface area contributed by atoms with Crippen LogP contribution in [0, 0.1) is 0 Å². The van der Waals surface area contributed by atoms with E-state index in [1.807, 2.05) is 0 Å². The fourth-order valence-electron chi connectivity index (χ4n) is 0.722. The van der Waals surface area contributed by atoms with Crippen LogP contribution >= 0.6 is 0 Å². The Hall–Kier alpha value is -0.580. The van der Waals surface area contributed by atoms with E-state index in [0.717, 1.165) is 0 Å². The summed E-state index contributed by atoms with van der Waals surface area (Å²) < 4.78 is 35.0. The molecule has 78 valence electrons. The zero-order chi connectivity index (χ0) is 10.7. The average molecular weight is 198 g/mol. The van der Waals surface area contributed by atoms with E-state index in [9.17, 15) is 23.1 Å². The first kappa shape index (κ1) is 12.4. The van der Waals surface area contributed by atoms with E-state index in [-0.39, 0.29) is 6.42 Å². The molecule has 0 aliphatic heterocycles. The minimum absolute atomic E-state index is 0.129. The van der Waals surface area contributed by atoms with Gasteiger partial charge in [-0.15, -0.1) is 0 Å². The van der Waals surface area contributed by atoms with Gasteiger partial charge in [0.25, 0.3) is 0 Å². The van der Waals surface area contributed by atoms with Crippen molar-refractivity contribution in [3.63, 3.8) is 0 Å². The molecule has 13 heavy (non-hydrogen) atoms. The van der Waals surface area contributed by atoms with Gasteiger partial charge in [-0.25, -0.2) is 0 Å². The van der Waals surface area contributed by atoms with Gasteiger partial charge in [-0.2, -0.15) is 13.2 Å². The zero-order valence-corrected chi connectivity index (χ0v) is 7.61. The maximum atomic E-state index is 11.7. The highest BCUT2D eigenvalue weighted by Gasteiger charge is 2.33. The van der Waals surface area contributed by atoms with Gasteiger partial charge in [-0.1, -0.05) is 6.92 Å². The number of hydrogen-bond acceptors (Lipinski definition) is 2. The number of ketones is 1. The van der Waals surface area contributed by atoms with Gasteiger partial charge in [0.15, 0.2) is 5.78 Å². The van der Waals surface area contributed by atoms with Gasteiger partial charge in [0, 0.05) is 6.42 Å². The van der Waals surface area contributed by atoms with Crippen molar-refractivity contribution in [2.45, 2.75) is 44.9 Å². The summed E-state index contributed by atoms with van der Waals surface area (Å²) in [4.78, 5) is 11.0. The molecule has 0 aliphatic carbocycles. The molecule has 5 heteroatoms. The molecule has 1 atom stereocenters. The highest BCUT2D eigenvalue weighted by atomic mass is 19.4. The van der Waals surface area contributed by atoms with Crippen molar-refractivity contribution in [2.75, 3.05) is 0 Å². The Kier molecular flexibility index (Phi) is 3.90. The van der Waals surface area contributed by atoms with Crippen LogP contribution in [-0.2, 0) is 4.79 Å². The number of carbonyl (C=O) groups is 1. The van der Waals surface area contributed by atoms with Crippen LogP contribution in [0.25, 0.3) is 0 Å². The summed E-state index contributed by atoms with van der Waals surface area (Å²) in [6.07, 6.45) is -6.02. The van der Waals surface area contributed by atoms with Gasteiger partial charge in [-0.3, -0.25) is 4.79 Å². The summed E-state index contributed by atoms with van der Waals surface area (Å²) in [5.74, 6) is -0.757. The topological polar surface area (TPSA) is 37.3 Å². The van der Waals surface area contributed by atoms with E-state index in [4.69, 9.17) is 0 Å². The molecule has 0 radical (unpaired) electrons. The van der Waals surface area contributed by atoms with E-state index in [2.05, 4.69) is 0 Å². The normalized spacial score (nSPS) is 16.8. The lowest BCUT2D eigenvalue weighted by Crippen LogP contribution is -2.34. The van der Waals surface area contributed by atoms with E-state index in [1.54, 1.807) is 6.92 Å². The number of carbonyl (C=O) groups excluding carboxylic acids is 1. The zero-order valence-electron chi connectivity index (χ0n) is 7.61. The second kappa shape index (κ2) is 4.09. The van der Waals surface area contributed by atoms with E-state index < -0.39 is 30.4 Å². The van der Waals surface area contributed by atoms with Crippen molar-refractivity contribution in [3.05, 3.63) is 0 Å². The first-order valence-corrected chi connectivity index (χ1v) is 4.01. The maximum Gasteiger partial charge on any atom is 0.389 e. The molecule has 0 aliphatic rings. The summed E-state index contributed by atoms with van der Waals surface area (Å²) >= 11 is 0. The molecule has 1 unspecified atom stereocenters. The molecule has 1 N–H and O–H groups in total. The summed E-state index contributed by atoms with van der Waals surface area (Å²) in [5.41, 5.74) is -1.62. The van der Waals surface area contributed by atoms with Crippen LogP contribution in [0.5, 0.6) is 0 Å². The maximum absolute atomic E-state index is 11.7. The number of alkyl halides is 3. The quantitative estimate of drug-likeness (QED) is 0.750. The SMILES string of the molecule is CCC(C)(O)C(=O)CCC(F)(F)F. The summed E-state index contributed by atoms with van der Waals surface area (Å²) in [6, 6.07) is 0. The minimum Gasteiger partial charge on any atom is -0.382 e. The Balaban J connectivity index is 4.03. The number of halogens is 3. The molecule has 0 aromatic carbocycles. The molecule has 0 rings (SSSR count). The fraction of sp³-hybridized carbons (Fsp3) is 0.875. The molecular formula is C8H13F3O2. The molecule has 0 saturated heterocycles. The van der Waals surface area contributed by atoms with Crippen LogP contribution < -0.4 is 0 Å². The van der Waals surface area contributed by atoms with Crippen molar-refractivity contribution < 1.29 is 23.1 Å². The standard InChI is InChI=1S/C8H13F3O2/c1-3-7(2,13)6(12)4-5-8(9,10)11/h13H,3-5H2,1-2H3. The predicted octanol–water partition coefficient (Wildman–Crippen LogP) is 2.06. The molecule has 0 spiro atoms. The van der Waals surface area contributed by atoms with Gasteiger partial charge >= 0.3 is 6.18 Å². The Labute approximate surface area is 74.7 Å². The van der Waals surface area contributed by atoms with Crippen LogP contribution in [-0.4, -0.2) is 22.7 Å². The first-order valence-electron chi connectivity index (χ1n) is 4.01. The number of rotatable bonds is 4. The van der Waals surface area contributed by atoms with Crippen molar-refractivity contribution in [3.8, 4) is 0 Å². The second-order valence-electron chi connectivity index (χ2n) is 3.17. The Morgan fingerprint density at radius 3 is 2.15 bits per heavy atom. The lowest BCUT2D eigenvalue weighted by molar-refractivity contribution is -0.151. The van der Waals surface area contributed by atoms with Crippen molar-refractivity contribution in [1.82, 2.24) is 0 Å². The molecule has 0 heterocycles. The molecule has 0 aromatic heterocycles. The average Bonchev–Trinajstić information content (AvgIpc) is 1.98. The number of aliphatic hydroxyl groups is 1. The molecule has 0 fully saturated rings. The molecular weight excluding hydrogens is 185 g/mol. The molecule has 0 amide bonds. The van der Waals surface area contributed by atoms with Gasteiger partial charge < -0.3 is 5.11 Å². The third-order valence-corrected chi connectivity index (χ3v) is 1.92. The molecule has 0 bridgehead atoms. The van der Waals surface area contributed by atoms with Crippen LogP contribution in [0.2, 0.25) is 0 Å². The van der Waals surface area contributed by atoms with E-state index in [0.29, 0.717) is 0 Å². The summed E-state index contributed by atoms with van der Waals surface area (Å²) in [7, 11) is 0. The third kappa shape index (κ3) is 4.87. The highest BCUT2D eigenvalue weighted by Crippen LogP contribution is 2.23. The highest BCUT2D eigenvalue weighted by molar-refractivity contribution is 5.86. The van der Waals surface area contributed by atoms with Gasteiger partial charge in [-0.05, 0) is 13.3 Å². The largest absolute Gasteiger partial charge is 0.389 e. The second-order valence-corrected chi connectivity index (χ2v) is 3.17. The Morgan fingerprint density at radius 2 is 1.85 bits per heavy atom. The number of hydrogen-bond donors (Lipinski definition) is 1. The molecule has 0 saturated carbocycles. The van der Waals surface area contributed by atoms with E-state index in [1.165, 1.54) is 6.92 Å². The van der Waals surface area contributed by atoms with Crippen molar-refractivity contribution >= 4 is 5.78 Å². The summed E-state index contributed by atoms with van der Waals surface area (Å²) in [6.45, 7) is 2.77. The smallest absolute Gasteiger partial charge is 0.382 e. The Morgan fingerprint density at radius 1 is 1.38 bits per heavy atom. The van der Waals surface area contributed by atoms with Gasteiger partial charge in [0.2, 0.25) is 0 Å². The lowest BCUT2D eigenvalue weighted by Gasteiger charge is -2.19. The van der Waals surface area contributed by atoms with E-state index >= 15 is 0 Å². The third-order valence-electron chi connectivity index (χ3n) is 1.92. The van der Waals surface area contributed by atoms with Crippen LogP contribution in [0.4, 0.5) is 13.2 Å². The first-order chi connectivity index (χ1) is 5.69. The van der Waals surface area contributed by atoms with Crippen LogP contribution in [0.1, 0.15) is 33.1 Å². The monoisotopic (exact) mass is 198 g/mol. The van der Waals surface area contributed by atoms with Gasteiger partial charge in [0.1, 0.15) is 5.60 Å². The minimum atomic E-state index is -4.33. The molecule has 2 nitrogen and oxygen atoms in total. The summed E-state index contributed by atoms with van der Waals surface area (Å²) in [5, 5.41) is 9.27. The predicted molar refractivity (Wildman–Crippen MR) is 41.2 cm³/mol. The number of Topliss-reactive ketones (excluding diaryl/α,β-unsaturated/α-hetero) is 1.